The number of methoxy groups -OCH3 is 1. The number of carbonyl (C=O) groups excluding carboxylic acids is 9. The Morgan fingerprint density at radius 1 is 0.873 bits per heavy atom. The first-order chi connectivity index (χ1) is 33.2. The Balaban J connectivity index is 1.73. The zero-order valence-electron chi connectivity index (χ0n) is 42.2. The molecule has 0 saturated carbocycles. The molecule has 392 valence electrons. The summed E-state index contributed by atoms with van der Waals surface area (Å²) < 4.78 is 12.2. The van der Waals surface area contributed by atoms with Crippen molar-refractivity contribution >= 4 is 84.1 Å². The first-order valence-corrected chi connectivity index (χ1v) is 28.0. The maximum Gasteiger partial charge on any atom is 0.245 e. The average molecular weight is 1030 g/mol. The van der Waals surface area contributed by atoms with Crippen molar-refractivity contribution in [2.45, 2.75) is 152 Å². The molecule has 5 rings (SSSR count). The van der Waals surface area contributed by atoms with E-state index in [2.05, 4.69) is 63.0 Å². The molecule has 9 amide bonds. The van der Waals surface area contributed by atoms with Crippen LogP contribution in [-0.4, -0.2) is 157 Å². The number of hydrogen-bond donors (Lipinski definition) is 10. The van der Waals surface area contributed by atoms with E-state index in [0.717, 1.165) is 16.7 Å². The van der Waals surface area contributed by atoms with Gasteiger partial charge in [0.2, 0.25) is 53.2 Å². The van der Waals surface area contributed by atoms with Crippen LogP contribution in [0.15, 0.2) is 23.2 Å². The highest BCUT2D eigenvalue weighted by Gasteiger charge is 2.46. The molecule has 71 heavy (non-hydrogen) atoms. The van der Waals surface area contributed by atoms with E-state index in [1.54, 1.807) is 45.9 Å². The third-order valence-corrected chi connectivity index (χ3v) is 19.8. The summed E-state index contributed by atoms with van der Waals surface area (Å²) in [5.74, 6) is -8.17. The minimum Gasteiger partial charge on any atom is -0.497 e. The monoisotopic (exact) mass is 1030 g/mol. The number of amides is 9. The lowest BCUT2D eigenvalue weighted by molar-refractivity contribution is -0.143. The molecule has 0 spiro atoms. The molecule has 3 aliphatic rings. The number of aromatic amines is 1. The Morgan fingerprint density at radius 2 is 1.54 bits per heavy atom. The smallest absolute Gasteiger partial charge is 0.245 e. The van der Waals surface area contributed by atoms with Crippen LogP contribution in [0.5, 0.6) is 5.75 Å². The number of nitrogens with two attached hydrogens (primary N) is 1. The largest absolute Gasteiger partial charge is 0.497 e. The molecule has 11 N–H and O–H groups in total. The van der Waals surface area contributed by atoms with Crippen LogP contribution in [0.1, 0.15) is 79.7 Å². The second kappa shape index (κ2) is 23.7. The minimum atomic E-state index is -2.51. The molecular formula is C47H72N10O12SSi. The van der Waals surface area contributed by atoms with Gasteiger partial charge in [0.1, 0.15) is 42.0 Å². The van der Waals surface area contributed by atoms with Gasteiger partial charge in [0.05, 0.1) is 36.8 Å². The highest BCUT2D eigenvalue weighted by Crippen LogP contribution is 2.39. The van der Waals surface area contributed by atoms with E-state index >= 15 is 4.79 Å². The predicted molar refractivity (Wildman–Crippen MR) is 266 cm³/mol. The van der Waals surface area contributed by atoms with Gasteiger partial charge in [-0.15, -0.1) is 11.8 Å². The third kappa shape index (κ3) is 14.0. The molecule has 1 aromatic heterocycles. The summed E-state index contributed by atoms with van der Waals surface area (Å²) in [4.78, 5) is 131. The van der Waals surface area contributed by atoms with Crippen molar-refractivity contribution < 1.29 is 57.4 Å². The van der Waals surface area contributed by atoms with Gasteiger partial charge in [-0.3, -0.25) is 43.2 Å². The highest BCUT2D eigenvalue weighted by atomic mass is 32.2. The zero-order chi connectivity index (χ0) is 52.7. The third-order valence-electron chi connectivity index (χ3n) is 14.1. The molecule has 24 heteroatoms. The number of aromatic nitrogens is 1. The van der Waals surface area contributed by atoms with E-state index < -0.39 is 135 Å². The van der Waals surface area contributed by atoms with E-state index in [1.165, 1.54) is 7.11 Å². The lowest BCUT2D eigenvalue weighted by Crippen LogP contribution is -2.62. The number of benzene rings is 1. The molecule has 0 aliphatic carbocycles. The van der Waals surface area contributed by atoms with Gasteiger partial charge in [-0.2, -0.15) is 0 Å². The zero-order valence-corrected chi connectivity index (χ0v) is 44.1. The van der Waals surface area contributed by atoms with Gasteiger partial charge >= 0.3 is 0 Å². The fourth-order valence-electron chi connectivity index (χ4n) is 8.45. The minimum absolute atomic E-state index is 0.215. The number of ether oxygens (including phenoxy) is 1. The molecule has 1 fully saturated rings. The number of H-pyrrole nitrogens is 1. The molecule has 2 unspecified atom stereocenters. The van der Waals surface area contributed by atoms with Crippen LogP contribution in [0.2, 0.25) is 18.1 Å². The van der Waals surface area contributed by atoms with Crippen LogP contribution in [-0.2, 0) is 54.0 Å². The molecule has 3 aliphatic heterocycles. The van der Waals surface area contributed by atoms with Crippen molar-refractivity contribution in [3.8, 4) is 5.75 Å². The van der Waals surface area contributed by atoms with Crippen LogP contribution in [0.4, 0.5) is 0 Å². The lowest BCUT2D eigenvalue weighted by Gasteiger charge is -2.41. The average Bonchev–Trinajstić information content (AvgIpc) is 3.87. The summed E-state index contributed by atoms with van der Waals surface area (Å²) in [6, 6.07) is -3.19. The van der Waals surface area contributed by atoms with E-state index in [0.29, 0.717) is 33.7 Å². The Labute approximate surface area is 419 Å². The number of thioether (sulfide) groups is 1. The summed E-state index contributed by atoms with van der Waals surface area (Å²) in [5, 5.41) is 30.5. The van der Waals surface area contributed by atoms with Crippen molar-refractivity contribution in [3.63, 3.8) is 0 Å². The normalized spacial score (nSPS) is 26.3. The molecule has 4 heterocycles. The first-order valence-electron chi connectivity index (χ1n) is 24.1. The topological polar surface area (TPSA) is 322 Å². The maximum absolute atomic E-state index is 15.1. The second-order valence-corrected chi connectivity index (χ2v) is 26.1. The number of aliphatic hydroxyl groups is 1. The van der Waals surface area contributed by atoms with Gasteiger partial charge in [-0.1, -0.05) is 48.0 Å². The maximum atomic E-state index is 15.1. The summed E-state index contributed by atoms with van der Waals surface area (Å²) in [6.45, 7) is 15.7. The van der Waals surface area contributed by atoms with E-state index in [9.17, 15) is 43.5 Å². The quantitative estimate of drug-likeness (QED) is 0.138. The Morgan fingerprint density at radius 3 is 2.17 bits per heavy atom. The number of aliphatic hydroxyl groups excluding tert-OH is 1. The number of carbonyl (C=O) groups is 9. The van der Waals surface area contributed by atoms with Crippen LogP contribution >= 0.6 is 11.8 Å². The van der Waals surface area contributed by atoms with Crippen LogP contribution in [0, 0.1) is 11.8 Å². The molecule has 2 aromatic rings. The van der Waals surface area contributed by atoms with Gasteiger partial charge in [0, 0.05) is 55.0 Å². The number of primary amides is 1. The van der Waals surface area contributed by atoms with E-state index in [4.69, 9.17) is 14.9 Å². The second-order valence-electron chi connectivity index (χ2n) is 20.3. The summed E-state index contributed by atoms with van der Waals surface area (Å²) in [5.41, 5.74) is 6.56. The first kappa shape index (κ1) is 56.2. The molecule has 0 radical (unpaired) electrons. The van der Waals surface area contributed by atoms with Gasteiger partial charge in [-0.25, -0.2) is 0 Å². The van der Waals surface area contributed by atoms with Crippen LogP contribution in [0.3, 0.4) is 0 Å². The highest BCUT2D eigenvalue weighted by molar-refractivity contribution is 7.99. The fourth-order valence-corrected chi connectivity index (χ4v) is 11.1. The number of nitrogens with one attached hydrogen (secondary N) is 8. The Hall–Kier alpha value is -5.72. The van der Waals surface area contributed by atoms with E-state index in [-0.39, 0.29) is 43.0 Å². The number of fused-ring (bicyclic) bond motifs is 5. The van der Waals surface area contributed by atoms with Gasteiger partial charge in [0.25, 0.3) is 0 Å². The Bertz CT molecular complexity index is 2360. The molecule has 1 aromatic carbocycles. The predicted octanol–water partition coefficient (Wildman–Crippen LogP) is -0.185. The van der Waals surface area contributed by atoms with Crippen molar-refractivity contribution in [2.24, 2.45) is 17.6 Å². The lowest BCUT2D eigenvalue weighted by atomic mass is 9.94. The molecule has 22 nitrogen and oxygen atoms in total. The van der Waals surface area contributed by atoms with Crippen molar-refractivity contribution in [1.29, 1.82) is 0 Å². The van der Waals surface area contributed by atoms with Crippen molar-refractivity contribution in [1.82, 2.24) is 47.1 Å². The van der Waals surface area contributed by atoms with Crippen molar-refractivity contribution in [2.75, 3.05) is 32.5 Å². The van der Waals surface area contributed by atoms with Gasteiger partial charge in [0.15, 0.2) is 8.32 Å². The number of hydrogen-bond acceptors (Lipinski definition) is 13. The van der Waals surface area contributed by atoms with Crippen LogP contribution in [0.25, 0.3) is 10.9 Å². The molecular weight excluding hydrogens is 957 g/mol. The summed E-state index contributed by atoms with van der Waals surface area (Å²) >= 11 is 1.07. The van der Waals surface area contributed by atoms with Crippen LogP contribution < -0.4 is 47.7 Å². The van der Waals surface area contributed by atoms with E-state index in [1.807, 2.05) is 13.1 Å². The Kier molecular flexibility index (Phi) is 18.7. The molecule has 1 saturated heterocycles. The standard InChI is InChI=1S/C47H72N10O12SSi/c1-11-23(2)38-43(65)50-19-36(60)51-33-22-70-45-29(28-13-12-27(68-8)17-31(28)54-45)18-32(40(62)49-20-37(61)55-38)53-44(66)39(24(3)25(4)69-71(9,10)47(5,6)7)56-42(64)34-16-26(58)21-57(34)46(67)30(52-41(33)63)14-15-35(48)59/h12-13,17,23-26,30,32-34,38-39,54,58H,11,14-16,18-22H2,1-10H3,(H2,48,59)(H,49,62)(H,50,65)(H,51,60)(H,52,63)(H,53,66)(H,55,61)(H,56,64)/t23-,24-,25?,26+,30-,32-,33-,34?,38-,39+/m0/s1. The summed E-state index contributed by atoms with van der Waals surface area (Å²) in [7, 11) is -1.02. The molecule has 2 bridgehead atoms. The SMILES string of the molecule is CC[C@H](C)[C@@H]1NC(=O)CNC(=O)[C@@H]2Cc3c([nH]c4cc(OC)ccc34)SC[C@H](NC(=O)CNC1=O)C(=O)N[C@@H](CCC(N)=O)C(=O)N1C[C@H](O)CC1C(=O)N[C@H]([C@@H](C)C(C)O[Si](C)(C)C(C)(C)C)C(=O)N2. The number of rotatable bonds is 10. The fraction of sp³-hybridized carbons (Fsp3) is 0.638. The van der Waals surface area contributed by atoms with Crippen molar-refractivity contribution in [3.05, 3.63) is 23.8 Å². The van der Waals surface area contributed by atoms with Gasteiger partial charge < -0.3 is 67.1 Å². The summed E-state index contributed by atoms with van der Waals surface area (Å²) in [6.07, 6.45) is -2.61. The molecule has 10 atom stereocenters. The number of nitrogens with zero attached hydrogens (tertiary/aromatic N) is 1. The van der Waals surface area contributed by atoms with Gasteiger partial charge in [-0.05, 0) is 55.1 Å².